The predicted octanol–water partition coefficient (Wildman–Crippen LogP) is 0.839. The number of hydroxylamine groups is 1. The van der Waals surface area contributed by atoms with Gasteiger partial charge >= 0.3 is 0 Å². The Morgan fingerprint density at radius 2 is 2.13 bits per heavy atom. The lowest BCUT2D eigenvalue weighted by Gasteiger charge is -2.19. The summed E-state index contributed by atoms with van der Waals surface area (Å²) in [6.45, 7) is 0.800. The molecule has 0 aromatic heterocycles. The first-order valence-corrected chi connectivity index (χ1v) is 4.94. The number of nitrogens with one attached hydrogen (secondary N) is 2. The highest BCUT2D eigenvalue weighted by molar-refractivity contribution is 5.96. The first-order valence-electron chi connectivity index (χ1n) is 4.94. The summed E-state index contributed by atoms with van der Waals surface area (Å²) in [5.41, 5.74) is 9.35. The van der Waals surface area contributed by atoms with Gasteiger partial charge in [-0.1, -0.05) is 30.3 Å². The van der Waals surface area contributed by atoms with Crippen molar-refractivity contribution in [3.05, 3.63) is 41.8 Å². The van der Waals surface area contributed by atoms with E-state index in [1.165, 1.54) is 0 Å². The molecule has 1 fully saturated rings. The summed E-state index contributed by atoms with van der Waals surface area (Å²) in [6, 6.07) is 9.69. The summed E-state index contributed by atoms with van der Waals surface area (Å²) in [5, 5.41) is 7.59. The smallest absolute Gasteiger partial charge is 0.106 e. The average molecular weight is 204 g/mol. The Hall–Kier alpha value is -1.39. The van der Waals surface area contributed by atoms with E-state index in [2.05, 4.69) is 5.48 Å². The van der Waals surface area contributed by atoms with Crippen LogP contribution in [0.15, 0.2) is 30.3 Å². The second kappa shape index (κ2) is 4.42. The van der Waals surface area contributed by atoms with Gasteiger partial charge in [0.05, 0.1) is 12.0 Å². The molecule has 0 spiro atoms. The summed E-state index contributed by atoms with van der Waals surface area (Å²) in [7, 11) is 0. The van der Waals surface area contributed by atoms with Crippen LogP contribution in [-0.4, -0.2) is 18.5 Å². The topological polar surface area (TPSA) is 71.1 Å². The molecule has 1 radical (unpaired) electrons. The first-order chi connectivity index (χ1) is 7.29. The Bertz CT molecular complexity index is 333. The molecule has 4 heteroatoms. The fourth-order valence-electron chi connectivity index (χ4n) is 1.74. The second-order valence-electron chi connectivity index (χ2n) is 3.48. The zero-order chi connectivity index (χ0) is 10.7. The molecule has 1 heterocycles. The molecule has 0 saturated carbocycles. The molecule has 0 bridgehead atoms. The van der Waals surface area contributed by atoms with Gasteiger partial charge in [-0.3, -0.25) is 10.2 Å². The van der Waals surface area contributed by atoms with Gasteiger partial charge in [-0.15, -0.1) is 0 Å². The van der Waals surface area contributed by atoms with Crippen molar-refractivity contribution in [2.45, 2.75) is 12.5 Å². The van der Waals surface area contributed by atoms with E-state index >= 15 is 0 Å². The Morgan fingerprint density at radius 3 is 2.67 bits per heavy atom. The summed E-state index contributed by atoms with van der Waals surface area (Å²) >= 11 is 0. The number of hydrogen-bond acceptors (Lipinski definition) is 3. The molecule has 2 rings (SSSR count). The van der Waals surface area contributed by atoms with Crippen molar-refractivity contribution in [1.82, 2.24) is 5.48 Å². The SMILES string of the molecule is N=C(N)[C](c1ccccc1)C1CCNO1. The normalized spacial score (nSPS) is 20.7. The molecule has 1 saturated heterocycles. The fraction of sp³-hybridized carbons (Fsp3) is 0.273. The average Bonchev–Trinajstić information content (AvgIpc) is 2.72. The van der Waals surface area contributed by atoms with Gasteiger partial charge in [0, 0.05) is 6.54 Å². The highest BCUT2D eigenvalue weighted by atomic mass is 16.7. The molecule has 4 nitrogen and oxygen atoms in total. The number of amidine groups is 1. The van der Waals surface area contributed by atoms with Crippen molar-refractivity contribution in [1.29, 1.82) is 5.41 Å². The minimum absolute atomic E-state index is 0.0786. The van der Waals surface area contributed by atoms with Crippen LogP contribution >= 0.6 is 0 Å². The quantitative estimate of drug-likeness (QED) is 0.504. The van der Waals surface area contributed by atoms with Crippen LogP contribution < -0.4 is 11.2 Å². The summed E-state index contributed by atoms with van der Waals surface area (Å²) in [4.78, 5) is 5.32. The summed E-state index contributed by atoms with van der Waals surface area (Å²) < 4.78 is 0. The van der Waals surface area contributed by atoms with Crippen molar-refractivity contribution in [3.63, 3.8) is 0 Å². The highest BCUT2D eigenvalue weighted by Gasteiger charge is 2.30. The number of nitrogens with two attached hydrogens (primary N) is 1. The third-order valence-electron chi connectivity index (χ3n) is 2.43. The van der Waals surface area contributed by atoms with Crippen molar-refractivity contribution in [2.75, 3.05) is 6.54 Å². The maximum atomic E-state index is 7.59. The fourth-order valence-corrected chi connectivity index (χ4v) is 1.74. The van der Waals surface area contributed by atoms with Crippen LogP contribution in [0.1, 0.15) is 12.0 Å². The van der Waals surface area contributed by atoms with E-state index in [0.29, 0.717) is 0 Å². The van der Waals surface area contributed by atoms with Crippen LogP contribution in [0.2, 0.25) is 0 Å². The molecule has 0 aliphatic carbocycles. The van der Waals surface area contributed by atoms with Crippen LogP contribution in [-0.2, 0) is 4.84 Å². The maximum absolute atomic E-state index is 7.59. The summed E-state index contributed by atoms with van der Waals surface area (Å²) in [6.07, 6.45) is 0.744. The van der Waals surface area contributed by atoms with Crippen LogP contribution in [0.3, 0.4) is 0 Å². The Labute approximate surface area is 88.9 Å². The molecule has 15 heavy (non-hydrogen) atoms. The number of hydrogen-bond donors (Lipinski definition) is 3. The van der Waals surface area contributed by atoms with Gasteiger partial charge in [0.15, 0.2) is 0 Å². The Morgan fingerprint density at radius 1 is 1.40 bits per heavy atom. The molecule has 1 aromatic rings. The predicted molar refractivity (Wildman–Crippen MR) is 58.2 cm³/mol. The zero-order valence-corrected chi connectivity index (χ0v) is 8.36. The molecule has 1 aliphatic heterocycles. The Kier molecular flexibility index (Phi) is 2.99. The number of benzene rings is 1. The van der Waals surface area contributed by atoms with Gasteiger partial charge in [0.2, 0.25) is 0 Å². The standard InChI is InChI=1S/C11H14N3O/c12-11(13)10(9-6-7-14-15-9)8-4-2-1-3-5-8/h1-5,9,14H,6-7H2,(H3,12,13). The van der Waals surface area contributed by atoms with Gasteiger partial charge in [0.1, 0.15) is 5.84 Å². The second-order valence-corrected chi connectivity index (χ2v) is 3.48. The third-order valence-corrected chi connectivity index (χ3v) is 2.43. The molecular formula is C11H14N3O. The van der Waals surface area contributed by atoms with E-state index in [1.807, 2.05) is 30.3 Å². The van der Waals surface area contributed by atoms with Gasteiger partial charge < -0.3 is 5.73 Å². The molecule has 1 aromatic carbocycles. The number of rotatable bonds is 3. The largest absolute Gasteiger partial charge is 0.387 e. The van der Waals surface area contributed by atoms with E-state index in [0.717, 1.165) is 24.4 Å². The maximum Gasteiger partial charge on any atom is 0.106 e. The van der Waals surface area contributed by atoms with Crippen molar-refractivity contribution in [2.24, 2.45) is 5.73 Å². The zero-order valence-electron chi connectivity index (χ0n) is 8.36. The molecule has 4 N–H and O–H groups in total. The minimum atomic E-state index is -0.107. The van der Waals surface area contributed by atoms with Gasteiger partial charge in [-0.25, -0.2) is 5.48 Å². The first kappa shape index (κ1) is 10.1. The molecule has 79 valence electrons. The van der Waals surface area contributed by atoms with Crippen LogP contribution in [0, 0.1) is 11.3 Å². The van der Waals surface area contributed by atoms with Gasteiger partial charge in [0.25, 0.3) is 0 Å². The summed E-state index contributed by atoms with van der Waals surface area (Å²) in [5.74, 6) is 0.843. The molecule has 0 amide bonds. The van der Waals surface area contributed by atoms with Crippen molar-refractivity contribution >= 4 is 5.84 Å². The van der Waals surface area contributed by atoms with Crippen LogP contribution in [0.4, 0.5) is 0 Å². The van der Waals surface area contributed by atoms with E-state index in [-0.39, 0.29) is 11.9 Å². The lowest BCUT2D eigenvalue weighted by molar-refractivity contribution is 0.0494. The molecule has 1 atom stereocenters. The third kappa shape index (κ3) is 2.16. The highest BCUT2D eigenvalue weighted by Crippen LogP contribution is 2.24. The van der Waals surface area contributed by atoms with Crippen molar-refractivity contribution in [3.8, 4) is 0 Å². The van der Waals surface area contributed by atoms with E-state index < -0.39 is 0 Å². The Balaban J connectivity index is 2.23. The van der Waals surface area contributed by atoms with Crippen LogP contribution in [0.5, 0.6) is 0 Å². The van der Waals surface area contributed by atoms with Gasteiger partial charge in [-0.05, 0) is 12.0 Å². The van der Waals surface area contributed by atoms with E-state index in [4.69, 9.17) is 16.0 Å². The lowest BCUT2D eigenvalue weighted by Crippen LogP contribution is -2.32. The van der Waals surface area contributed by atoms with Gasteiger partial charge in [-0.2, -0.15) is 0 Å². The molecular weight excluding hydrogens is 190 g/mol. The minimum Gasteiger partial charge on any atom is -0.387 e. The van der Waals surface area contributed by atoms with Crippen LogP contribution in [0.25, 0.3) is 0 Å². The van der Waals surface area contributed by atoms with Crippen molar-refractivity contribution < 1.29 is 4.84 Å². The van der Waals surface area contributed by atoms with E-state index in [9.17, 15) is 0 Å². The molecule has 1 unspecified atom stereocenters. The monoisotopic (exact) mass is 204 g/mol. The lowest BCUT2D eigenvalue weighted by atomic mass is 9.91. The molecule has 1 aliphatic rings. The van der Waals surface area contributed by atoms with E-state index in [1.54, 1.807) is 0 Å².